The molecule has 110 valence electrons. The Kier molecular flexibility index (Phi) is 4.16. The van der Waals surface area contributed by atoms with Gasteiger partial charge in [0.25, 0.3) is 5.91 Å². The zero-order valence-corrected chi connectivity index (χ0v) is 11.2. The summed E-state index contributed by atoms with van der Waals surface area (Å²) in [6, 6.07) is 5.78. The summed E-state index contributed by atoms with van der Waals surface area (Å²) in [5.74, 6) is -2.57. The summed E-state index contributed by atoms with van der Waals surface area (Å²) >= 11 is 0. The first-order valence-electron chi connectivity index (χ1n) is 6.19. The minimum absolute atomic E-state index is 0.0146. The molecule has 6 heteroatoms. The number of hydrogen-bond donors (Lipinski definition) is 2. The molecule has 3 N–H and O–H groups in total. The Morgan fingerprint density at radius 1 is 1.10 bits per heavy atom. The number of nitrogens with one attached hydrogen (secondary N) is 1. The van der Waals surface area contributed by atoms with E-state index in [0.29, 0.717) is 0 Å². The van der Waals surface area contributed by atoms with Gasteiger partial charge in [-0.3, -0.25) is 4.79 Å². The number of nitrogen functional groups attached to an aromatic ring is 1. The Bertz CT molecular complexity index is 689. The predicted octanol–water partition coefficient (Wildman–Crippen LogP) is 3.18. The normalized spacial score (nSPS) is 12.0. The lowest BCUT2D eigenvalue weighted by molar-refractivity contribution is 0.0940. The maximum absolute atomic E-state index is 13.6. The molecule has 1 unspecified atom stereocenters. The second-order valence-corrected chi connectivity index (χ2v) is 4.59. The molecule has 0 aliphatic heterocycles. The molecule has 0 bridgehead atoms. The molecule has 0 aliphatic carbocycles. The highest BCUT2D eigenvalue weighted by Gasteiger charge is 2.17. The Labute approximate surface area is 119 Å². The van der Waals surface area contributed by atoms with E-state index in [1.165, 1.54) is 12.1 Å². The van der Waals surface area contributed by atoms with Gasteiger partial charge in [0.1, 0.15) is 17.5 Å². The summed E-state index contributed by atoms with van der Waals surface area (Å²) in [5, 5.41) is 2.53. The van der Waals surface area contributed by atoms with Gasteiger partial charge >= 0.3 is 0 Å². The van der Waals surface area contributed by atoms with Gasteiger partial charge < -0.3 is 11.1 Å². The van der Waals surface area contributed by atoms with Crippen LogP contribution < -0.4 is 11.1 Å². The van der Waals surface area contributed by atoms with Crippen molar-refractivity contribution >= 4 is 11.6 Å². The Morgan fingerprint density at radius 2 is 1.71 bits per heavy atom. The lowest BCUT2D eigenvalue weighted by Gasteiger charge is -2.16. The summed E-state index contributed by atoms with van der Waals surface area (Å²) in [5.41, 5.74) is 5.78. The van der Waals surface area contributed by atoms with Crippen LogP contribution in [0.25, 0.3) is 0 Å². The molecule has 0 saturated heterocycles. The largest absolute Gasteiger partial charge is 0.398 e. The fourth-order valence-corrected chi connectivity index (χ4v) is 1.95. The molecule has 2 aromatic rings. The van der Waals surface area contributed by atoms with Crippen molar-refractivity contribution in [2.24, 2.45) is 0 Å². The van der Waals surface area contributed by atoms with E-state index < -0.39 is 29.4 Å². The molecule has 0 heterocycles. The molecule has 0 spiro atoms. The van der Waals surface area contributed by atoms with E-state index in [1.54, 1.807) is 6.92 Å². The minimum atomic E-state index is -0.755. The molecular weight excluding hydrogens is 281 g/mol. The Morgan fingerprint density at radius 3 is 2.33 bits per heavy atom. The average molecular weight is 294 g/mol. The van der Waals surface area contributed by atoms with Gasteiger partial charge in [-0.2, -0.15) is 0 Å². The van der Waals surface area contributed by atoms with Crippen molar-refractivity contribution in [1.82, 2.24) is 5.32 Å². The van der Waals surface area contributed by atoms with Crippen molar-refractivity contribution in [3.63, 3.8) is 0 Å². The quantitative estimate of drug-likeness (QED) is 0.854. The van der Waals surface area contributed by atoms with Crippen LogP contribution in [0.2, 0.25) is 0 Å². The second kappa shape index (κ2) is 5.87. The Hall–Kier alpha value is -2.50. The number of amides is 1. The van der Waals surface area contributed by atoms with Crippen molar-refractivity contribution in [2.45, 2.75) is 13.0 Å². The highest BCUT2D eigenvalue weighted by Crippen LogP contribution is 2.19. The highest BCUT2D eigenvalue weighted by molar-refractivity contribution is 5.99. The van der Waals surface area contributed by atoms with Crippen molar-refractivity contribution in [1.29, 1.82) is 0 Å². The number of benzene rings is 2. The van der Waals surface area contributed by atoms with Gasteiger partial charge in [0.15, 0.2) is 0 Å². The van der Waals surface area contributed by atoms with Gasteiger partial charge in [-0.05, 0) is 31.2 Å². The van der Waals surface area contributed by atoms with E-state index in [-0.39, 0.29) is 16.8 Å². The third kappa shape index (κ3) is 3.34. The number of carbonyl (C=O) groups is 1. The van der Waals surface area contributed by atoms with Gasteiger partial charge in [0.05, 0.1) is 11.6 Å². The van der Waals surface area contributed by atoms with Crippen LogP contribution in [-0.4, -0.2) is 5.91 Å². The lowest BCUT2D eigenvalue weighted by Crippen LogP contribution is -2.28. The van der Waals surface area contributed by atoms with Crippen LogP contribution >= 0.6 is 0 Å². The summed E-state index contributed by atoms with van der Waals surface area (Å²) < 4.78 is 39.4. The van der Waals surface area contributed by atoms with E-state index in [4.69, 9.17) is 5.73 Å². The number of rotatable bonds is 3. The van der Waals surface area contributed by atoms with Gasteiger partial charge in [-0.25, -0.2) is 13.2 Å². The highest BCUT2D eigenvalue weighted by atomic mass is 19.1. The molecule has 0 radical (unpaired) electrons. The number of carbonyl (C=O) groups excluding carboxylic acids is 1. The third-order valence-electron chi connectivity index (χ3n) is 3.03. The summed E-state index contributed by atoms with van der Waals surface area (Å²) in [6.07, 6.45) is 0. The molecule has 3 nitrogen and oxygen atoms in total. The van der Waals surface area contributed by atoms with Gasteiger partial charge in [0, 0.05) is 17.3 Å². The number of anilines is 1. The average Bonchev–Trinajstić information content (AvgIpc) is 2.37. The molecule has 0 saturated carbocycles. The smallest absolute Gasteiger partial charge is 0.253 e. The van der Waals surface area contributed by atoms with Gasteiger partial charge in [-0.15, -0.1) is 0 Å². The van der Waals surface area contributed by atoms with Crippen LogP contribution in [0.4, 0.5) is 18.9 Å². The van der Waals surface area contributed by atoms with Crippen LogP contribution in [0, 0.1) is 17.5 Å². The summed E-state index contributed by atoms with van der Waals surface area (Å²) in [4.78, 5) is 12.0. The van der Waals surface area contributed by atoms with Crippen molar-refractivity contribution in [3.8, 4) is 0 Å². The van der Waals surface area contributed by atoms with Crippen molar-refractivity contribution in [2.75, 3.05) is 5.73 Å². The minimum Gasteiger partial charge on any atom is -0.398 e. The molecule has 2 aromatic carbocycles. The molecule has 21 heavy (non-hydrogen) atoms. The second-order valence-electron chi connectivity index (χ2n) is 4.59. The monoisotopic (exact) mass is 294 g/mol. The predicted molar refractivity (Wildman–Crippen MR) is 73.1 cm³/mol. The van der Waals surface area contributed by atoms with E-state index >= 15 is 0 Å². The third-order valence-corrected chi connectivity index (χ3v) is 3.03. The fourth-order valence-electron chi connectivity index (χ4n) is 1.95. The SMILES string of the molecule is CC(NC(=O)c1ccc(F)cc1N)c1ccc(F)cc1F. The van der Waals surface area contributed by atoms with Crippen molar-refractivity contribution < 1.29 is 18.0 Å². The molecule has 0 aliphatic rings. The molecular formula is C15H13F3N2O. The number of halogens is 3. The van der Waals surface area contributed by atoms with Crippen LogP contribution in [0.15, 0.2) is 36.4 Å². The van der Waals surface area contributed by atoms with Crippen LogP contribution in [0.1, 0.15) is 28.9 Å². The van der Waals surface area contributed by atoms with Crippen LogP contribution in [0.5, 0.6) is 0 Å². The Balaban J connectivity index is 2.18. The first-order chi connectivity index (χ1) is 9.88. The first kappa shape index (κ1) is 14.9. The van der Waals surface area contributed by atoms with Crippen LogP contribution in [0.3, 0.4) is 0 Å². The summed E-state index contributed by atoms with van der Waals surface area (Å²) in [6.45, 7) is 1.55. The number of hydrogen-bond acceptors (Lipinski definition) is 2. The standard InChI is InChI=1S/C15H13F3N2O/c1-8(11-4-2-9(16)6-13(11)18)20-15(21)12-5-3-10(17)7-14(12)19/h2-8H,19H2,1H3,(H,20,21). The topological polar surface area (TPSA) is 55.1 Å². The maximum Gasteiger partial charge on any atom is 0.253 e. The molecule has 1 atom stereocenters. The van der Waals surface area contributed by atoms with E-state index in [9.17, 15) is 18.0 Å². The zero-order chi connectivity index (χ0) is 15.6. The number of nitrogens with two attached hydrogens (primary N) is 1. The lowest BCUT2D eigenvalue weighted by atomic mass is 10.1. The first-order valence-corrected chi connectivity index (χ1v) is 6.19. The van der Waals surface area contributed by atoms with Crippen LogP contribution in [-0.2, 0) is 0 Å². The van der Waals surface area contributed by atoms with Gasteiger partial charge in [0.2, 0.25) is 0 Å². The fraction of sp³-hybridized carbons (Fsp3) is 0.133. The maximum atomic E-state index is 13.6. The van der Waals surface area contributed by atoms with E-state index in [0.717, 1.165) is 24.3 Å². The van der Waals surface area contributed by atoms with E-state index in [1.807, 2.05) is 0 Å². The summed E-state index contributed by atoms with van der Waals surface area (Å²) in [7, 11) is 0. The zero-order valence-electron chi connectivity index (χ0n) is 11.2. The molecule has 0 fully saturated rings. The van der Waals surface area contributed by atoms with E-state index in [2.05, 4.69) is 5.32 Å². The molecule has 1 amide bonds. The molecule has 2 rings (SSSR count). The molecule has 0 aromatic heterocycles. The van der Waals surface area contributed by atoms with Gasteiger partial charge in [-0.1, -0.05) is 6.07 Å². The van der Waals surface area contributed by atoms with Crippen molar-refractivity contribution in [3.05, 3.63) is 65.0 Å².